The summed E-state index contributed by atoms with van der Waals surface area (Å²) < 4.78 is 1.47. The van der Waals surface area contributed by atoms with E-state index in [4.69, 9.17) is 23.2 Å². The molecule has 3 rings (SSSR count). The molecule has 0 amide bonds. The molecule has 0 bridgehead atoms. The van der Waals surface area contributed by atoms with Gasteiger partial charge in [0.2, 0.25) is 6.41 Å². The molecule has 3 aromatic rings. The van der Waals surface area contributed by atoms with E-state index in [0.29, 0.717) is 22.3 Å². The molecule has 0 aliphatic heterocycles. The molecule has 0 N–H and O–H groups in total. The molecule has 0 saturated heterocycles. The van der Waals surface area contributed by atoms with Gasteiger partial charge in [0.15, 0.2) is 0 Å². The van der Waals surface area contributed by atoms with Gasteiger partial charge in [0.25, 0.3) is 0 Å². The molecule has 0 aliphatic carbocycles. The lowest BCUT2D eigenvalue weighted by atomic mass is 9.99. The van der Waals surface area contributed by atoms with Gasteiger partial charge in [-0.2, -0.15) is 0 Å². The molecule has 0 fully saturated rings. The molecule has 1 aromatic carbocycles. The second-order valence-corrected chi connectivity index (χ2v) is 8.05. The normalized spacial score (nSPS) is 11.1. The van der Waals surface area contributed by atoms with Gasteiger partial charge in [0, 0.05) is 44.8 Å². The van der Waals surface area contributed by atoms with E-state index in [-0.39, 0.29) is 5.92 Å². The molecule has 0 atom stereocenters. The van der Waals surface area contributed by atoms with Crippen LogP contribution in [0.1, 0.15) is 36.8 Å². The number of carbonyl (C=O) groups is 1. The third kappa shape index (κ3) is 4.29. The first kappa shape index (κ1) is 19.0. The van der Waals surface area contributed by atoms with Crippen molar-refractivity contribution in [1.29, 1.82) is 0 Å². The van der Waals surface area contributed by atoms with E-state index in [2.05, 4.69) is 23.8 Å². The van der Waals surface area contributed by atoms with Crippen molar-refractivity contribution < 1.29 is 4.79 Å². The molecule has 0 spiro atoms. The predicted octanol–water partition coefficient (Wildman–Crippen LogP) is 5.49. The summed E-state index contributed by atoms with van der Waals surface area (Å²) in [5.74, 6) is 0.929. The Morgan fingerprint density at radius 3 is 2.54 bits per heavy atom. The molecule has 7 heteroatoms. The van der Waals surface area contributed by atoms with Crippen molar-refractivity contribution in [3.05, 3.63) is 70.0 Å². The number of hydrogen-bond acceptors (Lipinski definition) is 4. The van der Waals surface area contributed by atoms with Crippen molar-refractivity contribution in [1.82, 2.24) is 14.5 Å². The Morgan fingerprint density at radius 2 is 1.88 bits per heavy atom. The van der Waals surface area contributed by atoms with Crippen LogP contribution in [0.2, 0.25) is 10.0 Å². The summed E-state index contributed by atoms with van der Waals surface area (Å²) in [6.45, 7) is 4.25. The molecule has 0 radical (unpaired) electrons. The number of aromatic nitrogens is 3. The Morgan fingerprint density at radius 1 is 1.15 bits per heavy atom. The van der Waals surface area contributed by atoms with Crippen LogP contribution in [-0.4, -0.2) is 20.9 Å². The van der Waals surface area contributed by atoms with Gasteiger partial charge in [0.05, 0.1) is 5.69 Å². The fraction of sp³-hybridized carbons (Fsp3) is 0.211. The smallest absolute Gasteiger partial charge is 0.219 e. The summed E-state index contributed by atoms with van der Waals surface area (Å²) in [6, 6.07) is 7.49. The first-order valence-electron chi connectivity index (χ1n) is 8.06. The zero-order valence-corrected chi connectivity index (χ0v) is 16.6. The van der Waals surface area contributed by atoms with E-state index in [0.717, 1.165) is 27.5 Å². The zero-order valence-electron chi connectivity index (χ0n) is 14.3. The van der Waals surface area contributed by atoms with Crippen molar-refractivity contribution in [2.45, 2.75) is 36.0 Å². The van der Waals surface area contributed by atoms with Crippen LogP contribution in [0.3, 0.4) is 0 Å². The van der Waals surface area contributed by atoms with Gasteiger partial charge in [-0.05, 0) is 35.7 Å². The van der Waals surface area contributed by atoms with Crippen LogP contribution in [-0.2, 0) is 11.2 Å². The fourth-order valence-electron chi connectivity index (χ4n) is 2.79. The minimum absolute atomic E-state index is 0.260. The van der Waals surface area contributed by atoms with Crippen LogP contribution in [0.5, 0.6) is 0 Å². The predicted molar refractivity (Wildman–Crippen MR) is 106 cm³/mol. The third-order valence-corrected chi connectivity index (χ3v) is 5.35. The maximum Gasteiger partial charge on any atom is 0.219 e. The van der Waals surface area contributed by atoms with Crippen molar-refractivity contribution >= 4 is 41.4 Å². The lowest BCUT2D eigenvalue weighted by Crippen LogP contribution is -2.07. The SMILES string of the molecule is CC(C)c1c(Sc2cc(Cl)cc(Cl)c2)ccnc1Cc1nccn1C=O. The fourth-order valence-corrected chi connectivity index (χ4v) is 4.66. The highest BCUT2D eigenvalue weighted by molar-refractivity contribution is 7.99. The first-order valence-corrected chi connectivity index (χ1v) is 9.64. The molecular weight excluding hydrogens is 389 g/mol. The number of halogens is 2. The van der Waals surface area contributed by atoms with E-state index in [1.807, 2.05) is 18.2 Å². The Labute approximate surface area is 166 Å². The molecular formula is C19H17Cl2N3OS. The van der Waals surface area contributed by atoms with E-state index in [1.54, 1.807) is 36.4 Å². The quantitative estimate of drug-likeness (QED) is 0.508. The summed E-state index contributed by atoms with van der Waals surface area (Å²) in [7, 11) is 0. The Bertz CT molecular complexity index is 920. The van der Waals surface area contributed by atoms with E-state index in [1.165, 1.54) is 4.57 Å². The number of benzene rings is 1. The van der Waals surface area contributed by atoms with E-state index < -0.39 is 0 Å². The van der Waals surface area contributed by atoms with Crippen LogP contribution < -0.4 is 0 Å². The maximum absolute atomic E-state index is 11.1. The molecule has 134 valence electrons. The summed E-state index contributed by atoms with van der Waals surface area (Å²) in [5, 5.41) is 1.21. The van der Waals surface area contributed by atoms with Gasteiger partial charge >= 0.3 is 0 Å². The Balaban J connectivity index is 1.99. The summed E-state index contributed by atoms with van der Waals surface area (Å²) >= 11 is 13.8. The van der Waals surface area contributed by atoms with Crippen molar-refractivity contribution in [2.24, 2.45) is 0 Å². The Hall–Kier alpha value is -1.82. The number of pyridine rings is 1. The van der Waals surface area contributed by atoms with Gasteiger partial charge in [-0.25, -0.2) is 4.98 Å². The minimum atomic E-state index is 0.260. The number of hydrogen-bond donors (Lipinski definition) is 0. The van der Waals surface area contributed by atoms with Crippen molar-refractivity contribution in [2.75, 3.05) is 0 Å². The summed E-state index contributed by atoms with van der Waals surface area (Å²) in [6.07, 6.45) is 6.28. The maximum atomic E-state index is 11.1. The molecule has 0 unspecified atom stereocenters. The van der Waals surface area contributed by atoms with Crippen LogP contribution in [0.25, 0.3) is 0 Å². The van der Waals surface area contributed by atoms with Gasteiger partial charge in [0.1, 0.15) is 5.82 Å². The standard InChI is InChI=1S/C19H17Cl2N3OS/c1-12(2)19-16(10-18-23-5-6-24(18)11-25)22-4-3-17(19)26-15-8-13(20)7-14(21)9-15/h3-9,11-12H,10H2,1-2H3. The molecule has 26 heavy (non-hydrogen) atoms. The molecule has 0 aliphatic rings. The van der Waals surface area contributed by atoms with E-state index in [9.17, 15) is 4.79 Å². The number of nitrogens with zero attached hydrogens (tertiary/aromatic N) is 3. The topological polar surface area (TPSA) is 47.8 Å². The van der Waals surface area contributed by atoms with Crippen LogP contribution in [0.4, 0.5) is 0 Å². The second-order valence-electron chi connectivity index (χ2n) is 6.06. The minimum Gasteiger partial charge on any atom is -0.278 e. The van der Waals surface area contributed by atoms with Gasteiger partial charge < -0.3 is 0 Å². The van der Waals surface area contributed by atoms with E-state index >= 15 is 0 Å². The highest BCUT2D eigenvalue weighted by atomic mass is 35.5. The highest BCUT2D eigenvalue weighted by Gasteiger charge is 2.17. The second kappa shape index (κ2) is 8.25. The highest BCUT2D eigenvalue weighted by Crippen LogP contribution is 2.37. The number of imidazole rings is 1. The average Bonchev–Trinajstić information content (AvgIpc) is 3.01. The largest absolute Gasteiger partial charge is 0.278 e. The summed E-state index contributed by atoms with van der Waals surface area (Å²) in [4.78, 5) is 22.0. The van der Waals surface area contributed by atoms with Gasteiger partial charge in [-0.1, -0.05) is 48.8 Å². The van der Waals surface area contributed by atoms with Crippen LogP contribution in [0, 0.1) is 0 Å². The molecule has 0 saturated carbocycles. The zero-order chi connectivity index (χ0) is 18.7. The lowest BCUT2D eigenvalue weighted by Gasteiger charge is -2.17. The molecule has 2 aromatic heterocycles. The number of carbonyl (C=O) groups excluding carboxylic acids is 1. The monoisotopic (exact) mass is 405 g/mol. The lowest BCUT2D eigenvalue weighted by molar-refractivity contribution is 0.545. The van der Waals surface area contributed by atoms with Crippen LogP contribution in [0.15, 0.2) is 52.6 Å². The molecule has 4 nitrogen and oxygen atoms in total. The Kier molecular flexibility index (Phi) is 6.01. The van der Waals surface area contributed by atoms with Crippen LogP contribution >= 0.6 is 35.0 Å². The third-order valence-electron chi connectivity index (χ3n) is 3.86. The van der Waals surface area contributed by atoms with Crippen molar-refractivity contribution in [3.8, 4) is 0 Å². The number of rotatable bonds is 6. The van der Waals surface area contributed by atoms with Gasteiger partial charge in [-0.15, -0.1) is 0 Å². The molecule has 2 heterocycles. The first-order chi connectivity index (χ1) is 12.5. The summed E-state index contributed by atoms with van der Waals surface area (Å²) in [5.41, 5.74) is 2.04. The van der Waals surface area contributed by atoms with Crippen molar-refractivity contribution in [3.63, 3.8) is 0 Å². The average molecular weight is 406 g/mol. The van der Waals surface area contributed by atoms with Gasteiger partial charge in [-0.3, -0.25) is 14.3 Å².